The van der Waals surface area contributed by atoms with Crippen LogP contribution in [-0.4, -0.2) is 25.6 Å². The highest BCUT2D eigenvalue weighted by atomic mass is 16.5. The standard InChI is InChI=1S/C21H25NO4/c1-4-15(2)18-7-5-6-8-19(18)22-20(23)14-26-21(24)17-11-9-16(10-12-17)13-25-3/h5-12,15H,4,13-14H2,1-3H3,(H,22,23)/t15-/m1/s1. The highest BCUT2D eigenvalue weighted by Gasteiger charge is 2.13. The number of rotatable bonds is 8. The van der Waals surface area contributed by atoms with Crippen molar-refractivity contribution in [1.82, 2.24) is 0 Å². The van der Waals surface area contributed by atoms with Crippen molar-refractivity contribution < 1.29 is 19.1 Å². The van der Waals surface area contributed by atoms with Gasteiger partial charge in [0.15, 0.2) is 6.61 Å². The molecule has 0 saturated carbocycles. The van der Waals surface area contributed by atoms with Crippen molar-refractivity contribution in [1.29, 1.82) is 0 Å². The Morgan fingerprint density at radius 1 is 1.08 bits per heavy atom. The van der Waals surface area contributed by atoms with Crippen LogP contribution in [0.5, 0.6) is 0 Å². The van der Waals surface area contributed by atoms with Crippen LogP contribution >= 0.6 is 0 Å². The van der Waals surface area contributed by atoms with Gasteiger partial charge in [0, 0.05) is 12.8 Å². The molecule has 1 N–H and O–H groups in total. The third-order valence-electron chi connectivity index (χ3n) is 4.21. The van der Waals surface area contributed by atoms with Gasteiger partial charge in [-0.1, -0.05) is 44.2 Å². The zero-order valence-electron chi connectivity index (χ0n) is 15.5. The molecule has 138 valence electrons. The molecular formula is C21H25NO4. The molecule has 2 rings (SSSR count). The highest BCUT2D eigenvalue weighted by molar-refractivity contribution is 5.96. The van der Waals surface area contributed by atoms with Crippen LogP contribution in [0.3, 0.4) is 0 Å². The zero-order chi connectivity index (χ0) is 18.9. The summed E-state index contributed by atoms with van der Waals surface area (Å²) in [5.41, 5.74) is 3.19. The first-order valence-corrected chi connectivity index (χ1v) is 8.69. The number of ether oxygens (including phenoxy) is 2. The van der Waals surface area contributed by atoms with E-state index in [1.54, 1.807) is 31.4 Å². The van der Waals surface area contributed by atoms with Crippen LogP contribution in [-0.2, 0) is 20.9 Å². The quantitative estimate of drug-likeness (QED) is 0.723. The second-order valence-corrected chi connectivity index (χ2v) is 6.15. The minimum absolute atomic E-state index is 0.326. The smallest absolute Gasteiger partial charge is 0.338 e. The van der Waals surface area contributed by atoms with Gasteiger partial charge in [-0.05, 0) is 41.7 Å². The number of methoxy groups -OCH3 is 1. The van der Waals surface area contributed by atoms with Crippen LogP contribution in [0.1, 0.15) is 47.7 Å². The van der Waals surface area contributed by atoms with Crippen LogP contribution in [0.25, 0.3) is 0 Å². The first kappa shape index (κ1) is 19.7. The molecule has 0 aliphatic rings. The van der Waals surface area contributed by atoms with Crippen LogP contribution in [0.15, 0.2) is 48.5 Å². The summed E-state index contributed by atoms with van der Waals surface area (Å²) in [6.45, 7) is 4.36. The van der Waals surface area contributed by atoms with E-state index in [4.69, 9.17) is 9.47 Å². The van der Waals surface area contributed by atoms with Gasteiger partial charge in [0.25, 0.3) is 5.91 Å². The fourth-order valence-electron chi connectivity index (χ4n) is 2.56. The molecule has 0 aliphatic carbocycles. The summed E-state index contributed by atoms with van der Waals surface area (Å²) in [5.74, 6) is -0.552. The van der Waals surface area contributed by atoms with Gasteiger partial charge in [0.1, 0.15) is 0 Å². The van der Waals surface area contributed by atoms with Gasteiger partial charge >= 0.3 is 5.97 Å². The topological polar surface area (TPSA) is 64.6 Å². The van der Waals surface area contributed by atoms with Gasteiger partial charge in [0.05, 0.1) is 12.2 Å². The lowest BCUT2D eigenvalue weighted by Crippen LogP contribution is -2.21. The van der Waals surface area contributed by atoms with Crippen LogP contribution in [0.2, 0.25) is 0 Å². The van der Waals surface area contributed by atoms with Crippen molar-refractivity contribution in [3.63, 3.8) is 0 Å². The van der Waals surface area contributed by atoms with Crippen molar-refractivity contribution in [2.24, 2.45) is 0 Å². The number of carbonyl (C=O) groups is 2. The van der Waals surface area contributed by atoms with Crippen molar-refractivity contribution in [3.05, 3.63) is 65.2 Å². The summed E-state index contributed by atoms with van der Waals surface area (Å²) >= 11 is 0. The number of benzene rings is 2. The number of amides is 1. The highest BCUT2D eigenvalue weighted by Crippen LogP contribution is 2.26. The predicted octanol–water partition coefficient (Wildman–Crippen LogP) is 4.14. The van der Waals surface area contributed by atoms with Crippen LogP contribution in [0, 0.1) is 0 Å². The molecule has 0 heterocycles. The first-order chi connectivity index (χ1) is 12.5. The number of nitrogens with one attached hydrogen (secondary N) is 1. The van der Waals surface area contributed by atoms with E-state index in [0.717, 1.165) is 23.2 Å². The molecule has 26 heavy (non-hydrogen) atoms. The Hall–Kier alpha value is -2.66. The lowest BCUT2D eigenvalue weighted by atomic mass is 9.97. The molecule has 0 aliphatic heterocycles. The lowest BCUT2D eigenvalue weighted by Gasteiger charge is -2.15. The summed E-state index contributed by atoms with van der Waals surface area (Å²) in [7, 11) is 1.61. The van der Waals surface area contributed by atoms with E-state index in [1.807, 2.05) is 24.3 Å². The number of hydrogen-bond donors (Lipinski definition) is 1. The van der Waals surface area contributed by atoms with Crippen LogP contribution in [0.4, 0.5) is 5.69 Å². The molecule has 0 saturated heterocycles. The third-order valence-corrected chi connectivity index (χ3v) is 4.21. The molecule has 0 aromatic heterocycles. The zero-order valence-corrected chi connectivity index (χ0v) is 15.5. The Balaban J connectivity index is 1.91. The average Bonchev–Trinajstić information content (AvgIpc) is 2.67. The molecule has 1 amide bonds. The summed E-state index contributed by atoms with van der Waals surface area (Å²) in [6.07, 6.45) is 0.973. The van der Waals surface area contributed by atoms with Crippen molar-refractivity contribution >= 4 is 17.6 Å². The molecule has 0 unspecified atom stereocenters. The lowest BCUT2D eigenvalue weighted by molar-refractivity contribution is -0.119. The molecule has 5 nitrogen and oxygen atoms in total. The summed E-state index contributed by atoms with van der Waals surface area (Å²) in [6, 6.07) is 14.6. The van der Waals surface area contributed by atoms with Crippen molar-refractivity contribution in [3.8, 4) is 0 Å². The minimum atomic E-state index is -0.528. The van der Waals surface area contributed by atoms with E-state index in [9.17, 15) is 9.59 Å². The fraction of sp³-hybridized carbons (Fsp3) is 0.333. The molecule has 5 heteroatoms. The maximum atomic E-state index is 12.1. The molecule has 0 spiro atoms. The molecule has 2 aromatic carbocycles. The van der Waals surface area contributed by atoms with Crippen molar-refractivity contribution in [2.45, 2.75) is 32.8 Å². The Labute approximate surface area is 154 Å². The molecule has 2 aromatic rings. The normalized spacial score (nSPS) is 11.7. The number of para-hydroxylation sites is 1. The Kier molecular flexibility index (Phi) is 7.36. The largest absolute Gasteiger partial charge is 0.452 e. The molecule has 1 atom stereocenters. The third kappa shape index (κ3) is 5.43. The second-order valence-electron chi connectivity index (χ2n) is 6.15. The van der Waals surface area contributed by atoms with Gasteiger partial charge in [-0.15, -0.1) is 0 Å². The maximum Gasteiger partial charge on any atom is 0.338 e. The average molecular weight is 355 g/mol. The SMILES string of the molecule is CC[C@@H](C)c1ccccc1NC(=O)COC(=O)c1ccc(COC)cc1. The summed E-state index contributed by atoms with van der Waals surface area (Å²) in [4.78, 5) is 24.2. The van der Waals surface area contributed by atoms with E-state index in [0.29, 0.717) is 18.1 Å². The van der Waals surface area contributed by atoms with Gasteiger partial charge in [-0.2, -0.15) is 0 Å². The van der Waals surface area contributed by atoms with Gasteiger partial charge in [0.2, 0.25) is 0 Å². The van der Waals surface area contributed by atoms with E-state index >= 15 is 0 Å². The monoisotopic (exact) mass is 355 g/mol. The molecule has 0 bridgehead atoms. The van der Waals surface area contributed by atoms with Gasteiger partial charge < -0.3 is 14.8 Å². The van der Waals surface area contributed by atoms with Gasteiger partial charge in [-0.3, -0.25) is 4.79 Å². The molecule has 0 fully saturated rings. The molecular weight excluding hydrogens is 330 g/mol. The van der Waals surface area contributed by atoms with Gasteiger partial charge in [-0.25, -0.2) is 4.79 Å². The number of anilines is 1. The van der Waals surface area contributed by atoms with Crippen molar-refractivity contribution in [2.75, 3.05) is 19.0 Å². The van der Waals surface area contributed by atoms with E-state index in [1.165, 1.54) is 0 Å². The number of hydrogen-bond acceptors (Lipinski definition) is 4. The summed E-state index contributed by atoms with van der Waals surface area (Å²) in [5, 5.41) is 2.83. The summed E-state index contributed by atoms with van der Waals surface area (Å²) < 4.78 is 10.1. The number of carbonyl (C=O) groups excluding carboxylic acids is 2. The maximum absolute atomic E-state index is 12.1. The predicted molar refractivity (Wildman–Crippen MR) is 101 cm³/mol. The molecule has 0 radical (unpaired) electrons. The second kappa shape index (κ2) is 9.73. The minimum Gasteiger partial charge on any atom is -0.452 e. The Morgan fingerprint density at radius 2 is 1.77 bits per heavy atom. The number of esters is 1. The Bertz CT molecular complexity index is 740. The Morgan fingerprint density at radius 3 is 2.42 bits per heavy atom. The van der Waals surface area contributed by atoms with Crippen LogP contribution < -0.4 is 5.32 Å². The first-order valence-electron chi connectivity index (χ1n) is 8.69. The van der Waals surface area contributed by atoms with E-state index in [2.05, 4.69) is 19.2 Å². The van der Waals surface area contributed by atoms with E-state index < -0.39 is 5.97 Å². The van der Waals surface area contributed by atoms with E-state index in [-0.39, 0.29) is 12.5 Å². The fourth-order valence-corrected chi connectivity index (χ4v) is 2.56.